The first-order valence-electron chi connectivity index (χ1n) is 9.05. The van der Waals surface area contributed by atoms with Gasteiger partial charge in [0.25, 0.3) is 5.91 Å². The van der Waals surface area contributed by atoms with Crippen molar-refractivity contribution < 1.29 is 19.1 Å². The molecule has 0 aromatic heterocycles. The van der Waals surface area contributed by atoms with E-state index in [0.29, 0.717) is 10.8 Å². The second-order valence-electron chi connectivity index (χ2n) is 6.23. The van der Waals surface area contributed by atoms with E-state index in [2.05, 4.69) is 5.32 Å². The molecule has 0 radical (unpaired) electrons. The van der Waals surface area contributed by atoms with Crippen LogP contribution in [0.1, 0.15) is 17.2 Å². The lowest BCUT2D eigenvalue weighted by Crippen LogP contribution is -2.33. The molecule has 0 unspecified atom stereocenters. The summed E-state index contributed by atoms with van der Waals surface area (Å²) < 4.78 is 10.3. The molecule has 5 nitrogen and oxygen atoms in total. The van der Waals surface area contributed by atoms with Crippen molar-refractivity contribution in [1.29, 1.82) is 0 Å². The Kier molecular flexibility index (Phi) is 7.25. The maximum absolute atomic E-state index is 12.4. The minimum atomic E-state index is -0.643. The van der Waals surface area contributed by atoms with Crippen LogP contribution in [0.3, 0.4) is 0 Å². The zero-order valence-electron chi connectivity index (χ0n) is 15.6. The van der Waals surface area contributed by atoms with Crippen molar-refractivity contribution in [2.24, 2.45) is 0 Å². The zero-order chi connectivity index (χ0) is 20.5. The highest BCUT2D eigenvalue weighted by Gasteiger charge is 2.17. The summed E-state index contributed by atoms with van der Waals surface area (Å²) in [6.45, 7) is -0.706. The van der Waals surface area contributed by atoms with Crippen LogP contribution in [0.5, 0.6) is 5.75 Å². The number of hydrogen-bond donors (Lipinski definition) is 1. The van der Waals surface area contributed by atoms with E-state index in [9.17, 15) is 9.59 Å². The molecule has 3 rings (SSSR count). The molecule has 148 valence electrons. The summed E-state index contributed by atoms with van der Waals surface area (Å²) in [6.07, 6.45) is 0. The Morgan fingerprint density at radius 2 is 1.45 bits per heavy atom. The van der Waals surface area contributed by atoms with Crippen LogP contribution in [0, 0.1) is 0 Å². The average molecular weight is 410 g/mol. The fourth-order valence-corrected chi connectivity index (χ4v) is 2.92. The predicted octanol–water partition coefficient (Wildman–Crippen LogP) is 4.17. The number of hydrogen-bond acceptors (Lipinski definition) is 4. The van der Waals surface area contributed by atoms with E-state index in [1.807, 2.05) is 60.7 Å². The van der Waals surface area contributed by atoms with Gasteiger partial charge in [-0.3, -0.25) is 4.79 Å². The molecule has 0 heterocycles. The largest absolute Gasteiger partial charge is 0.482 e. The maximum atomic E-state index is 12.4. The first-order chi connectivity index (χ1) is 14.1. The quantitative estimate of drug-likeness (QED) is 0.567. The van der Waals surface area contributed by atoms with Crippen LogP contribution in [0.25, 0.3) is 0 Å². The van der Waals surface area contributed by atoms with Crippen LogP contribution in [0.15, 0.2) is 84.9 Å². The molecule has 0 atom stereocenters. The number of amides is 1. The van der Waals surface area contributed by atoms with E-state index in [0.717, 1.165) is 11.1 Å². The van der Waals surface area contributed by atoms with Gasteiger partial charge in [0.2, 0.25) is 0 Å². The number of ether oxygens (including phenoxy) is 2. The van der Waals surface area contributed by atoms with Gasteiger partial charge in [-0.2, -0.15) is 0 Å². The lowest BCUT2D eigenvalue weighted by molar-refractivity contribution is -0.150. The number of benzene rings is 3. The highest BCUT2D eigenvalue weighted by molar-refractivity contribution is 6.30. The lowest BCUT2D eigenvalue weighted by atomic mass is 9.99. The molecule has 0 saturated heterocycles. The van der Waals surface area contributed by atoms with Crippen molar-refractivity contribution in [1.82, 2.24) is 5.32 Å². The topological polar surface area (TPSA) is 64.6 Å². The van der Waals surface area contributed by atoms with Gasteiger partial charge < -0.3 is 14.8 Å². The molecule has 0 spiro atoms. The van der Waals surface area contributed by atoms with Crippen LogP contribution in [0.4, 0.5) is 0 Å². The molecule has 0 fully saturated rings. The molecule has 0 saturated carbocycles. The second-order valence-corrected chi connectivity index (χ2v) is 6.67. The van der Waals surface area contributed by atoms with Crippen LogP contribution in [-0.4, -0.2) is 25.1 Å². The molecule has 0 aliphatic carbocycles. The van der Waals surface area contributed by atoms with Gasteiger partial charge in [0.1, 0.15) is 5.75 Å². The predicted molar refractivity (Wildman–Crippen MR) is 111 cm³/mol. The monoisotopic (exact) mass is 409 g/mol. The van der Waals surface area contributed by atoms with E-state index < -0.39 is 18.5 Å². The number of nitrogens with one attached hydrogen (secondary N) is 1. The molecule has 3 aromatic rings. The molecule has 0 bridgehead atoms. The van der Waals surface area contributed by atoms with Crippen LogP contribution >= 0.6 is 11.6 Å². The third-order valence-corrected chi connectivity index (χ3v) is 4.32. The minimum Gasteiger partial charge on any atom is -0.482 e. The third-order valence-electron chi connectivity index (χ3n) is 4.09. The maximum Gasteiger partial charge on any atom is 0.344 e. The number of esters is 1. The molecule has 3 aromatic carbocycles. The van der Waals surface area contributed by atoms with Crippen molar-refractivity contribution in [3.8, 4) is 5.75 Å². The van der Waals surface area contributed by atoms with Crippen molar-refractivity contribution in [2.75, 3.05) is 13.2 Å². The molecule has 29 heavy (non-hydrogen) atoms. The van der Waals surface area contributed by atoms with Gasteiger partial charge in [0.05, 0.1) is 6.04 Å². The summed E-state index contributed by atoms with van der Waals surface area (Å²) in [5.74, 6) is -0.595. The first-order valence-corrected chi connectivity index (χ1v) is 9.43. The van der Waals surface area contributed by atoms with Crippen LogP contribution in [-0.2, 0) is 14.3 Å². The summed E-state index contributed by atoms with van der Waals surface area (Å²) in [5, 5.41) is 3.41. The highest BCUT2D eigenvalue weighted by atomic mass is 35.5. The van der Waals surface area contributed by atoms with Crippen LogP contribution in [0.2, 0.25) is 5.02 Å². The summed E-state index contributed by atoms with van der Waals surface area (Å²) >= 11 is 5.86. The van der Waals surface area contributed by atoms with Crippen molar-refractivity contribution in [2.45, 2.75) is 6.04 Å². The second kappa shape index (κ2) is 10.3. The fraction of sp³-hybridized carbons (Fsp3) is 0.130. The molecule has 1 amide bonds. The molecular formula is C23H20ClNO4. The summed E-state index contributed by atoms with van der Waals surface area (Å²) in [4.78, 5) is 24.2. The summed E-state index contributed by atoms with van der Waals surface area (Å²) in [6, 6.07) is 25.5. The summed E-state index contributed by atoms with van der Waals surface area (Å²) in [5.41, 5.74) is 1.87. The van der Waals surface area contributed by atoms with Gasteiger partial charge in [0.15, 0.2) is 13.2 Å². The number of halogens is 1. The molecule has 6 heteroatoms. The number of rotatable bonds is 8. The van der Waals surface area contributed by atoms with E-state index in [1.165, 1.54) is 0 Å². The standard InChI is InChI=1S/C23H20ClNO4/c24-19-12-7-13-20(14-19)28-16-22(27)29-15-21(26)25-23(17-8-3-1-4-9-17)18-10-5-2-6-11-18/h1-14,23H,15-16H2,(H,25,26). The van der Waals surface area contributed by atoms with Crippen molar-refractivity contribution >= 4 is 23.5 Å². The van der Waals surface area contributed by atoms with Gasteiger partial charge in [0, 0.05) is 5.02 Å². The Hall–Kier alpha value is -3.31. The normalized spacial score (nSPS) is 10.4. The van der Waals surface area contributed by atoms with E-state index in [4.69, 9.17) is 21.1 Å². The van der Waals surface area contributed by atoms with Gasteiger partial charge >= 0.3 is 5.97 Å². The van der Waals surface area contributed by atoms with E-state index in [1.54, 1.807) is 24.3 Å². The lowest BCUT2D eigenvalue weighted by Gasteiger charge is -2.20. The third kappa shape index (κ3) is 6.36. The number of carbonyl (C=O) groups is 2. The Bertz CT molecular complexity index is 908. The SMILES string of the molecule is O=C(COC(=O)COc1cccc(Cl)c1)NC(c1ccccc1)c1ccccc1. The number of carbonyl (C=O) groups excluding carboxylic acids is 2. The minimum absolute atomic E-state index is 0.311. The Morgan fingerprint density at radius 1 is 0.828 bits per heavy atom. The summed E-state index contributed by atoms with van der Waals surface area (Å²) in [7, 11) is 0. The Labute approximate surface area is 174 Å². The zero-order valence-corrected chi connectivity index (χ0v) is 16.3. The van der Waals surface area contributed by atoms with E-state index >= 15 is 0 Å². The fourth-order valence-electron chi connectivity index (χ4n) is 2.74. The molecular weight excluding hydrogens is 390 g/mol. The molecule has 0 aliphatic rings. The van der Waals surface area contributed by atoms with Crippen molar-refractivity contribution in [3.05, 3.63) is 101 Å². The molecule has 1 N–H and O–H groups in total. The van der Waals surface area contributed by atoms with Gasteiger partial charge in [-0.1, -0.05) is 78.3 Å². The van der Waals surface area contributed by atoms with Crippen LogP contribution < -0.4 is 10.1 Å². The molecule has 0 aliphatic heterocycles. The Balaban J connectivity index is 1.54. The van der Waals surface area contributed by atoms with Gasteiger partial charge in [-0.25, -0.2) is 4.79 Å². The average Bonchev–Trinajstić information content (AvgIpc) is 2.76. The van der Waals surface area contributed by atoms with E-state index in [-0.39, 0.29) is 12.6 Å². The van der Waals surface area contributed by atoms with Gasteiger partial charge in [-0.05, 0) is 29.3 Å². The highest BCUT2D eigenvalue weighted by Crippen LogP contribution is 2.21. The first kappa shape index (κ1) is 20.4. The Morgan fingerprint density at radius 3 is 2.03 bits per heavy atom. The van der Waals surface area contributed by atoms with Crippen molar-refractivity contribution in [3.63, 3.8) is 0 Å². The van der Waals surface area contributed by atoms with Gasteiger partial charge in [-0.15, -0.1) is 0 Å². The smallest absolute Gasteiger partial charge is 0.344 e.